The molecule has 0 saturated heterocycles. The number of hydrogen-bond acceptors (Lipinski definition) is 8. The van der Waals surface area contributed by atoms with Crippen molar-refractivity contribution in [3.8, 4) is 11.8 Å². The van der Waals surface area contributed by atoms with Crippen LogP contribution in [0.1, 0.15) is 28.4 Å². The van der Waals surface area contributed by atoms with Crippen molar-refractivity contribution in [1.82, 2.24) is 15.3 Å². The van der Waals surface area contributed by atoms with Gasteiger partial charge in [-0.25, -0.2) is 14.0 Å². The fourth-order valence-corrected chi connectivity index (χ4v) is 3.53. The van der Waals surface area contributed by atoms with E-state index in [2.05, 4.69) is 37.8 Å². The van der Waals surface area contributed by atoms with Crippen LogP contribution in [0, 0.1) is 16.6 Å². The first-order chi connectivity index (χ1) is 16.2. The Balaban J connectivity index is 1.89. The second kappa shape index (κ2) is 10.8. The number of carbonyl (C=O) groups is 1. The van der Waals surface area contributed by atoms with Crippen LogP contribution in [0.5, 0.6) is 0 Å². The number of aliphatic hydroxyl groups is 1. The maximum absolute atomic E-state index is 11.9. The van der Waals surface area contributed by atoms with Gasteiger partial charge in [0.15, 0.2) is 0 Å². The molecule has 0 bridgehead atoms. The molecule has 1 amide bonds. The Hall–Kier alpha value is -3.94. The van der Waals surface area contributed by atoms with E-state index in [4.69, 9.17) is 4.78 Å². The molecule has 2 aromatic carbocycles. The lowest BCUT2D eigenvalue weighted by atomic mass is 10.1. The molecule has 0 radical (unpaired) electrons. The molecule has 10 heteroatoms. The zero-order valence-electron chi connectivity index (χ0n) is 19.0. The van der Waals surface area contributed by atoms with Crippen molar-refractivity contribution in [3.63, 3.8) is 0 Å². The molecule has 1 heterocycles. The number of nitrogens with one attached hydrogen (secondary N) is 4. The summed E-state index contributed by atoms with van der Waals surface area (Å²) in [7, 11) is -1.22. The van der Waals surface area contributed by atoms with Gasteiger partial charge in [-0.15, -0.1) is 0 Å². The fraction of sp³-hybridized carbons (Fsp3) is 0.208. The highest BCUT2D eigenvalue weighted by molar-refractivity contribution is 7.91. The third-order valence-electron chi connectivity index (χ3n) is 4.70. The van der Waals surface area contributed by atoms with Crippen molar-refractivity contribution in [3.05, 3.63) is 71.4 Å². The highest BCUT2D eigenvalue weighted by atomic mass is 32.2. The third kappa shape index (κ3) is 6.54. The molecule has 0 saturated carbocycles. The highest BCUT2D eigenvalue weighted by Gasteiger charge is 2.10. The Kier molecular flexibility index (Phi) is 7.83. The van der Waals surface area contributed by atoms with Crippen LogP contribution in [0.25, 0.3) is 0 Å². The average Bonchev–Trinajstić information content (AvgIpc) is 2.83. The van der Waals surface area contributed by atoms with Gasteiger partial charge in [0.25, 0.3) is 5.91 Å². The Bertz CT molecular complexity index is 1350. The summed E-state index contributed by atoms with van der Waals surface area (Å²) in [6.45, 7) is 1.71. The van der Waals surface area contributed by atoms with Crippen molar-refractivity contribution in [1.29, 1.82) is 4.78 Å². The number of rotatable bonds is 7. The summed E-state index contributed by atoms with van der Waals surface area (Å²) in [6.07, 6.45) is 2.93. The van der Waals surface area contributed by atoms with Crippen molar-refractivity contribution in [2.45, 2.75) is 17.9 Å². The van der Waals surface area contributed by atoms with Gasteiger partial charge in [-0.1, -0.05) is 17.9 Å². The molecule has 1 aromatic heterocycles. The Morgan fingerprint density at radius 2 is 1.94 bits per heavy atom. The van der Waals surface area contributed by atoms with Crippen LogP contribution in [-0.2, 0) is 9.73 Å². The lowest BCUT2D eigenvalue weighted by Crippen LogP contribution is -2.21. The standard InChI is InChI=1S/C24H26N6O3S/c1-16(15-31)28-22-19(8-7-17-5-4-6-18(13-17)23(32)26-2)14-27-24(30-22)29-20-9-11-21(12-10-20)34(3,25)33/h4-6,9-14,16,25,31H,15H2,1-3H3,(H,26,32)(H2,27,28,29,30)/t16-,34?/m1/s1. The van der Waals surface area contributed by atoms with Crippen LogP contribution >= 0.6 is 0 Å². The van der Waals surface area contributed by atoms with Gasteiger partial charge in [-0.2, -0.15) is 4.98 Å². The molecule has 2 atom stereocenters. The monoisotopic (exact) mass is 478 g/mol. The van der Waals surface area contributed by atoms with Crippen LogP contribution in [0.4, 0.5) is 17.5 Å². The van der Waals surface area contributed by atoms with E-state index < -0.39 is 9.73 Å². The van der Waals surface area contributed by atoms with E-state index >= 15 is 0 Å². The van der Waals surface area contributed by atoms with Crippen LogP contribution in [0.3, 0.4) is 0 Å². The largest absolute Gasteiger partial charge is 0.394 e. The van der Waals surface area contributed by atoms with Crippen LogP contribution < -0.4 is 16.0 Å². The smallest absolute Gasteiger partial charge is 0.251 e. The normalized spacial score (nSPS) is 13.1. The minimum Gasteiger partial charge on any atom is -0.394 e. The predicted molar refractivity (Wildman–Crippen MR) is 133 cm³/mol. The van der Waals surface area contributed by atoms with Crippen molar-refractivity contribution in [2.75, 3.05) is 30.5 Å². The summed E-state index contributed by atoms with van der Waals surface area (Å²) >= 11 is 0. The van der Waals surface area contributed by atoms with Gasteiger partial charge in [-0.05, 0) is 49.4 Å². The molecule has 3 rings (SSSR count). The number of benzene rings is 2. The molecule has 3 aromatic rings. The van der Waals surface area contributed by atoms with Crippen LogP contribution in [0.2, 0.25) is 0 Å². The average molecular weight is 479 g/mol. The van der Waals surface area contributed by atoms with Gasteiger partial charge in [0, 0.05) is 41.1 Å². The minimum atomic E-state index is -2.79. The molecular formula is C24H26N6O3S. The summed E-state index contributed by atoms with van der Waals surface area (Å²) in [5.41, 5.74) is 2.35. The van der Waals surface area contributed by atoms with Crippen molar-refractivity contribution < 1.29 is 14.1 Å². The number of aliphatic hydroxyl groups excluding tert-OH is 1. The quantitative estimate of drug-likeness (QED) is 0.329. The van der Waals surface area contributed by atoms with E-state index in [1.165, 1.54) is 6.26 Å². The summed E-state index contributed by atoms with van der Waals surface area (Å²) in [4.78, 5) is 21.1. The van der Waals surface area contributed by atoms with Gasteiger partial charge in [0.1, 0.15) is 5.82 Å². The van der Waals surface area contributed by atoms with Crippen molar-refractivity contribution >= 4 is 33.1 Å². The number of carbonyl (C=O) groups excluding carboxylic acids is 1. The van der Waals surface area contributed by atoms with E-state index in [0.717, 1.165) is 0 Å². The maximum Gasteiger partial charge on any atom is 0.251 e. The molecule has 34 heavy (non-hydrogen) atoms. The summed E-state index contributed by atoms with van der Waals surface area (Å²) in [5.74, 6) is 6.59. The van der Waals surface area contributed by atoms with E-state index in [9.17, 15) is 14.1 Å². The van der Waals surface area contributed by atoms with E-state index in [1.54, 1.807) is 68.7 Å². The SMILES string of the molecule is CNC(=O)c1cccc(C#Cc2cnc(Nc3ccc(S(C)(=N)=O)cc3)nc2N[C@H](C)CO)c1. The molecule has 176 valence electrons. The number of anilines is 3. The number of hydrogen-bond donors (Lipinski definition) is 5. The Morgan fingerprint density at radius 1 is 1.21 bits per heavy atom. The Morgan fingerprint density at radius 3 is 2.59 bits per heavy atom. The highest BCUT2D eigenvalue weighted by Crippen LogP contribution is 2.20. The second-order valence-electron chi connectivity index (χ2n) is 7.59. The Labute approximate surface area is 199 Å². The van der Waals surface area contributed by atoms with Crippen molar-refractivity contribution in [2.24, 2.45) is 0 Å². The molecule has 0 aliphatic heterocycles. The zero-order valence-corrected chi connectivity index (χ0v) is 19.9. The predicted octanol–water partition coefficient (Wildman–Crippen LogP) is 2.81. The zero-order chi connectivity index (χ0) is 24.7. The molecule has 0 spiro atoms. The minimum absolute atomic E-state index is 0.0985. The van der Waals surface area contributed by atoms with E-state index in [1.807, 2.05) is 0 Å². The van der Waals surface area contributed by atoms with Gasteiger partial charge >= 0.3 is 0 Å². The fourth-order valence-electron chi connectivity index (χ4n) is 2.87. The molecular weight excluding hydrogens is 452 g/mol. The lowest BCUT2D eigenvalue weighted by Gasteiger charge is -2.14. The molecule has 0 fully saturated rings. The molecule has 9 nitrogen and oxygen atoms in total. The van der Waals surface area contributed by atoms with Gasteiger partial charge in [0.2, 0.25) is 5.95 Å². The summed E-state index contributed by atoms with van der Waals surface area (Å²) in [5, 5.41) is 18.2. The first kappa shape index (κ1) is 24.7. The number of nitrogens with zero attached hydrogens (tertiary/aromatic N) is 2. The van der Waals surface area contributed by atoms with E-state index in [-0.39, 0.29) is 18.6 Å². The molecule has 5 N–H and O–H groups in total. The molecule has 0 aliphatic carbocycles. The second-order valence-corrected chi connectivity index (χ2v) is 9.75. The third-order valence-corrected chi connectivity index (χ3v) is 5.87. The topological polar surface area (TPSA) is 140 Å². The first-order valence-corrected chi connectivity index (χ1v) is 12.4. The number of amides is 1. The lowest BCUT2D eigenvalue weighted by molar-refractivity contribution is 0.0963. The first-order valence-electron chi connectivity index (χ1n) is 10.4. The molecule has 1 unspecified atom stereocenters. The number of aromatic nitrogens is 2. The van der Waals surface area contributed by atoms with Crippen LogP contribution in [0.15, 0.2) is 59.6 Å². The van der Waals surface area contributed by atoms with Gasteiger partial charge in [-0.3, -0.25) is 4.79 Å². The summed E-state index contributed by atoms with van der Waals surface area (Å²) in [6, 6.07) is 13.3. The summed E-state index contributed by atoms with van der Waals surface area (Å²) < 4.78 is 19.5. The van der Waals surface area contributed by atoms with Gasteiger partial charge in [0.05, 0.1) is 28.1 Å². The van der Waals surface area contributed by atoms with E-state index in [0.29, 0.717) is 39.0 Å². The van der Waals surface area contributed by atoms with Crippen LogP contribution in [-0.4, -0.2) is 51.1 Å². The molecule has 0 aliphatic rings. The van der Waals surface area contributed by atoms with Gasteiger partial charge < -0.3 is 21.1 Å². The maximum atomic E-state index is 11.9.